The monoisotopic (exact) mass is 942 g/mol. The van der Waals surface area contributed by atoms with Crippen LogP contribution in [0.1, 0.15) is 39.5 Å². The molecule has 0 aromatic carbocycles. The summed E-state index contributed by atoms with van der Waals surface area (Å²) < 4.78 is 154. The molecule has 0 unspecified atom stereocenters. The summed E-state index contributed by atoms with van der Waals surface area (Å²) in [4.78, 5) is 24.4. The van der Waals surface area contributed by atoms with Crippen molar-refractivity contribution >= 4 is 73.1 Å². The quantitative estimate of drug-likeness (QED) is 0.0314. The molecular formula is C28H56F6N2O14S4Si2. The molecule has 0 fully saturated rings. The molecule has 336 valence electrons. The third-order valence-corrected chi connectivity index (χ3v) is 18.6. The van der Waals surface area contributed by atoms with Gasteiger partial charge in [0, 0.05) is 66.3 Å². The molecule has 0 radical (unpaired) electrons. The van der Waals surface area contributed by atoms with E-state index in [0.717, 1.165) is 58.1 Å². The van der Waals surface area contributed by atoms with Crippen LogP contribution in [0.2, 0.25) is 12.1 Å². The van der Waals surface area contributed by atoms with Crippen molar-refractivity contribution < 1.29 is 93.3 Å². The van der Waals surface area contributed by atoms with Gasteiger partial charge < -0.3 is 44.6 Å². The van der Waals surface area contributed by atoms with Crippen LogP contribution < -0.4 is 0 Å². The number of nitrogens with zero attached hydrogens (tertiary/aromatic N) is 2. The predicted molar refractivity (Wildman–Crippen MR) is 203 cm³/mol. The molecule has 0 aromatic rings. The Bertz CT molecular complexity index is 1210. The fourth-order valence-electron chi connectivity index (χ4n) is 4.44. The maximum Gasteiger partial charge on any atom is 0.500 e. The van der Waals surface area contributed by atoms with Gasteiger partial charge in [0.15, 0.2) is 20.0 Å². The van der Waals surface area contributed by atoms with Crippen LogP contribution in [0, 0.1) is 0 Å². The molecule has 28 heteroatoms. The number of hydrogen-bond acceptors (Lipinski definition) is 16. The Morgan fingerprint density at radius 1 is 0.589 bits per heavy atom. The van der Waals surface area contributed by atoms with E-state index in [1.165, 1.54) is 0 Å². The Hall–Kier alpha value is -0.766. The molecule has 0 heterocycles. The van der Waals surface area contributed by atoms with Gasteiger partial charge in [0.25, 0.3) is 0 Å². The molecule has 0 bridgehead atoms. The summed E-state index contributed by atoms with van der Waals surface area (Å²) in [5.74, 6) is 2.88. The SMILES string of the molecule is CC[N+](CC)(CCOC(=O)CCSCCC[Si](OC)(OC)OC)CCOC(=O)CCSCCC[Si](OC)(OC)OC.O=S(=O)([N-]S(=O)(=O)C(F)(F)F)C(F)(F)F. The van der Waals surface area contributed by atoms with Gasteiger partial charge in [-0.2, -0.15) is 49.9 Å². The van der Waals surface area contributed by atoms with Crippen molar-refractivity contribution in [2.24, 2.45) is 0 Å². The van der Waals surface area contributed by atoms with Crippen LogP contribution >= 0.6 is 23.5 Å². The first-order valence-corrected chi connectivity index (χ1v) is 25.9. The lowest BCUT2D eigenvalue weighted by molar-refractivity contribution is -0.925. The number of hydrogen-bond donors (Lipinski definition) is 0. The number of halogens is 6. The molecule has 0 spiro atoms. The summed E-state index contributed by atoms with van der Waals surface area (Å²) in [5, 5.41) is 0. The molecule has 0 N–H and O–H groups in total. The second kappa shape index (κ2) is 27.9. The highest BCUT2D eigenvalue weighted by molar-refractivity contribution is 8.13. The van der Waals surface area contributed by atoms with Crippen molar-refractivity contribution in [3.05, 3.63) is 4.13 Å². The molecule has 0 atom stereocenters. The molecule has 0 aliphatic heterocycles. The molecule has 0 aliphatic rings. The topological polar surface area (TPSA) is 190 Å². The number of quaternary nitrogens is 1. The summed E-state index contributed by atoms with van der Waals surface area (Å²) in [5.41, 5.74) is -12.4. The van der Waals surface area contributed by atoms with Gasteiger partial charge in [-0.15, -0.1) is 0 Å². The highest BCUT2D eigenvalue weighted by Gasteiger charge is 2.47. The maximum absolute atomic E-state index is 12.2. The highest BCUT2D eigenvalue weighted by atomic mass is 32.3. The van der Waals surface area contributed by atoms with Crippen molar-refractivity contribution in [3.8, 4) is 0 Å². The zero-order valence-corrected chi connectivity index (χ0v) is 38.1. The first-order chi connectivity index (χ1) is 25.9. The van der Waals surface area contributed by atoms with Crippen molar-refractivity contribution in [3.63, 3.8) is 0 Å². The third-order valence-electron chi connectivity index (χ3n) is 8.09. The largest absolute Gasteiger partial charge is 0.500 e. The first-order valence-electron chi connectivity index (χ1n) is 16.9. The number of likely N-dealkylation sites (N-methyl/N-ethyl adjacent to an activating group) is 1. The number of sulfonamides is 2. The second-order valence-electron chi connectivity index (χ2n) is 11.3. The average Bonchev–Trinajstić information content (AvgIpc) is 3.13. The van der Waals surface area contributed by atoms with E-state index < -0.39 is 48.7 Å². The average molecular weight is 943 g/mol. The number of thioether (sulfide) groups is 2. The maximum atomic E-state index is 12.2. The van der Waals surface area contributed by atoms with Crippen molar-refractivity contribution in [1.82, 2.24) is 0 Å². The summed E-state index contributed by atoms with van der Waals surface area (Å²) in [6.07, 6.45) is 2.57. The van der Waals surface area contributed by atoms with Crippen LogP contribution in [-0.2, 0) is 65.7 Å². The number of esters is 2. The van der Waals surface area contributed by atoms with Crippen LogP contribution in [0.3, 0.4) is 0 Å². The van der Waals surface area contributed by atoms with Gasteiger partial charge in [0.1, 0.15) is 26.3 Å². The minimum atomic E-state index is -6.72. The minimum absolute atomic E-state index is 0.180. The van der Waals surface area contributed by atoms with E-state index in [1.807, 2.05) is 0 Å². The van der Waals surface area contributed by atoms with Crippen molar-refractivity contribution in [1.29, 1.82) is 0 Å². The zero-order valence-electron chi connectivity index (χ0n) is 32.8. The standard InChI is InChI=1S/C26H56NO10S2Si2.C2F6NO4S2/c1-9-27(10-2,15-17-36-25(28)13-21-38-19-11-23-40(30-3,31-4)32-5)16-18-37-26(29)14-22-39-20-12-24-41(33-6,34-7)35-8;3-1(4,5)14(10,11)9-15(12,13)2(6,7)8/h9-24H2,1-8H3;/q+1;-1. The van der Waals surface area contributed by atoms with Gasteiger partial charge in [-0.25, -0.2) is 16.8 Å². The Labute approximate surface area is 337 Å². The van der Waals surface area contributed by atoms with E-state index in [1.54, 1.807) is 66.2 Å². The number of carbonyl (C=O) groups excluding carboxylic acids is 2. The molecule has 56 heavy (non-hydrogen) atoms. The van der Waals surface area contributed by atoms with Gasteiger partial charge >= 0.3 is 40.6 Å². The molecule has 0 saturated carbocycles. The molecule has 0 aromatic heterocycles. The second-order valence-corrected chi connectivity index (χ2v) is 23.4. The Morgan fingerprint density at radius 3 is 1.14 bits per heavy atom. The Morgan fingerprint density at radius 2 is 0.893 bits per heavy atom. The lowest BCUT2D eigenvalue weighted by Gasteiger charge is -2.36. The van der Waals surface area contributed by atoms with Crippen LogP contribution in [-0.4, -0.2) is 167 Å². The molecule has 16 nitrogen and oxygen atoms in total. The molecule has 0 rings (SSSR count). The van der Waals surface area contributed by atoms with Gasteiger partial charge in [0.2, 0.25) is 0 Å². The number of carbonyl (C=O) groups is 2. The molecule has 0 saturated heterocycles. The van der Waals surface area contributed by atoms with Crippen LogP contribution in [0.25, 0.3) is 4.13 Å². The lowest BCUT2D eigenvalue weighted by atomic mass is 10.3. The van der Waals surface area contributed by atoms with Crippen molar-refractivity contribution in [2.75, 3.05) is 105 Å². The van der Waals surface area contributed by atoms with E-state index in [0.29, 0.717) is 50.7 Å². The summed E-state index contributed by atoms with van der Waals surface area (Å²) in [6, 6.07) is 1.50. The van der Waals surface area contributed by atoms with E-state index in [4.69, 9.17) is 36.0 Å². The van der Waals surface area contributed by atoms with E-state index in [2.05, 4.69) is 13.8 Å². The smallest absolute Gasteiger partial charge is 0.460 e. The highest BCUT2D eigenvalue weighted by Crippen LogP contribution is 2.36. The number of alkyl halides is 6. The van der Waals surface area contributed by atoms with Gasteiger partial charge in [0.05, 0.1) is 25.9 Å². The summed E-state index contributed by atoms with van der Waals surface area (Å²) in [6.45, 7) is 8.10. The predicted octanol–water partition coefficient (Wildman–Crippen LogP) is 4.77. The minimum Gasteiger partial charge on any atom is -0.460 e. The van der Waals surface area contributed by atoms with Gasteiger partial charge in [-0.05, 0) is 38.2 Å². The fourth-order valence-corrected chi connectivity index (χ4v) is 11.8. The number of rotatable bonds is 30. The Balaban J connectivity index is 0. The van der Waals surface area contributed by atoms with Crippen LogP contribution in [0.4, 0.5) is 26.3 Å². The fraction of sp³-hybridized carbons (Fsp3) is 0.929. The molecular weight excluding hydrogens is 887 g/mol. The van der Waals surface area contributed by atoms with E-state index in [9.17, 15) is 52.8 Å². The van der Waals surface area contributed by atoms with E-state index >= 15 is 0 Å². The Kier molecular flexibility index (Phi) is 28.6. The first kappa shape index (κ1) is 57.3. The van der Waals surface area contributed by atoms with Crippen molar-refractivity contribution in [2.45, 2.75) is 62.6 Å². The van der Waals surface area contributed by atoms with E-state index in [-0.39, 0.29) is 11.9 Å². The third kappa shape index (κ3) is 22.0. The normalized spacial score (nSPS) is 13.2. The van der Waals surface area contributed by atoms with Gasteiger partial charge in [-0.1, -0.05) is 0 Å². The zero-order chi connectivity index (χ0) is 43.7. The summed E-state index contributed by atoms with van der Waals surface area (Å²) in [7, 11) is -8.80. The van der Waals surface area contributed by atoms with Crippen LogP contribution in [0.15, 0.2) is 0 Å². The van der Waals surface area contributed by atoms with Gasteiger partial charge in [-0.3, -0.25) is 9.59 Å². The lowest BCUT2D eigenvalue weighted by Crippen LogP contribution is -2.52. The molecule has 0 aliphatic carbocycles. The molecule has 0 amide bonds. The summed E-state index contributed by atoms with van der Waals surface area (Å²) >= 11 is 3.43. The van der Waals surface area contributed by atoms with Crippen LogP contribution in [0.5, 0.6) is 0 Å². The number of ether oxygens (including phenoxy) is 2.